The van der Waals surface area contributed by atoms with Crippen molar-refractivity contribution in [1.29, 1.82) is 0 Å². The standard InChI is InChI=1S/C13H17F2NS/c1-9(16-17-13(2,3)4)10-6-5-7-11(8-10)12(14)15/h5-8,12H,1-4H3/b16-9+. The Kier molecular flexibility index (Phi) is 4.69. The Morgan fingerprint density at radius 2 is 1.94 bits per heavy atom. The van der Waals surface area contributed by atoms with Crippen molar-refractivity contribution in [2.75, 3.05) is 0 Å². The zero-order valence-corrected chi connectivity index (χ0v) is 11.3. The van der Waals surface area contributed by atoms with Gasteiger partial charge in [-0.1, -0.05) is 18.2 Å². The number of rotatable bonds is 3. The van der Waals surface area contributed by atoms with Gasteiger partial charge in [0.15, 0.2) is 0 Å². The molecule has 0 bridgehead atoms. The molecule has 0 atom stereocenters. The highest BCUT2D eigenvalue weighted by molar-refractivity contribution is 7.99. The molecule has 0 fully saturated rings. The summed E-state index contributed by atoms with van der Waals surface area (Å²) in [5.41, 5.74) is 1.56. The fourth-order valence-electron chi connectivity index (χ4n) is 1.16. The maximum atomic E-state index is 12.5. The summed E-state index contributed by atoms with van der Waals surface area (Å²) in [6, 6.07) is 6.36. The molecule has 0 aliphatic heterocycles. The zero-order valence-electron chi connectivity index (χ0n) is 10.5. The van der Waals surface area contributed by atoms with E-state index >= 15 is 0 Å². The van der Waals surface area contributed by atoms with Gasteiger partial charge in [-0.15, -0.1) is 0 Å². The monoisotopic (exact) mass is 257 g/mol. The van der Waals surface area contributed by atoms with Crippen molar-refractivity contribution in [3.05, 3.63) is 35.4 Å². The van der Waals surface area contributed by atoms with Crippen molar-refractivity contribution >= 4 is 17.7 Å². The number of hydrogen-bond acceptors (Lipinski definition) is 2. The molecule has 4 heteroatoms. The number of nitrogens with zero attached hydrogens (tertiary/aromatic N) is 1. The molecule has 0 aliphatic carbocycles. The molecule has 0 unspecified atom stereocenters. The van der Waals surface area contributed by atoms with E-state index in [9.17, 15) is 8.78 Å². The van der Waals surface area contributed by atoms with Crippen LogP contribution in [0.5, 0.6) is 0 Å². The summed E-state index contributed by atoms with van der Waals surface area (Å²) < 4.78 is 29.5. The smallest absolute Gasteiger partial charge is 0.220 e. The van der Waals surface area contributed by atoms with E-state index in [-0.39, 0.29) is 10.3 Å². The van der Waals surface area contributed by atoms with E-state index in [0.29, 0.717) is 0 Å². The van der Waals surface area contributed by atoms with Crippen LogP contribution in [0.15, 0.2) is 28.7 Å². The first-order chi connectivity index (χ1) is 7.79. The average molecular weight is 257 g/mol. The Bertz CT molecular complexity index is 408. The molecule has 0 aliphatic rings. The van der Waals surface area contributed by atoms with E-state index in [1.807, 2.05) is 6.92 Å². The minimum atomic E-state index is -2.43. The van der Waals surface area contributed by atoms with E-state index in [1.54, 1.807) is 12.1 Å². The lowest BCUT2D eigenvalue weighted by Crippen LogP contribution is -2.06. The second-order valence-corrected chi connectivity index (χ2v) is 6.40. The van der Waals surface area contributed by atoms with Crippen LogP contribution in [0.2, 0.25) is 0 Å². The van der Waals surface area contributed by atoms with Crippen LogP contribution in [0.25, 0.3) is 0 Å². The normalized spacial score (nSPS) is 13.2. The number of halogens is 2. The van der Waals surface area contributed by atoms with Gasteiger partial charge in [0.05, 0.1) is 5.71 Å². The van der Waals surface area contributed by atoms with E-state index in [2.05, 4.69) is 25.2 Å². The molecule has 1 rings (SSSR count). The molecule has 0 spiro atoms. The average Bonchev–Trinajstić information content (AvgIpc) is 2.25. The predicted octanol–water partition coefficient (Wildman–Crippen LogP) is 4.88. The third-order valence-electron chi connectivity index (χ3n) is 2.01. The Morgan fingerprint density at radius 3 is 2.47 bits per heavy atom. The summed E-state index contributed by atoms with van der Waals surface area (Å²) in [7, 11) is 0. The Hall–Kier alpha value is -0.900. The van der Waals surface area contributed by atoms with Crippen LogP contribution in [0.3, 0.4) is 0 Å². The van der Waals surface area contributed by atoms with Gasteiger partial charge < -0.3 is 0 Å². The molecule has 0 amide bonds. The fourth-order valence-corrected chi connectivity index (χ4v) is 1.67. The van der Waals surface area contributed by atoms with Gasteiger partial charge >= 0.3 is 0 Å². The molecule has 1 aromatic carbocycles. The number of hydrogen-bond donors (Lipinski definition) is 0. The van der Waals surface area contributed by atoms with E-state index in [0.717, 1.165) is 11.3 Å². The first kappa shape index (κ1) is 14.2. The van der Waals surface area contributed by atoms with Gasteiger partial charge in [-0.3, -0.25) is 0 Å². The summed E-state index contributed by atoms with van der Waals surface area (Å²) in [6.07, 6.45) is -2.43. The summed E-state index contributed by atoms with van der Waals surface area (Å²) >= 11 is 1.45. The van der Waals surface area contributed by atoms with Crippen LogP contribution in [-0.4, -0.2) is 10.5 Å². The summed E-state index contributed by atoms with van der Waals surface area (Å²) in [5.74, 6) is 0. The maximum Gasteiger partial charge on any atom is 0.263 e. The van der Waals surface area contributed by atoms with Gasteiger partial charge in [0.2, 0.25) is 0 Å². The number of benzene rings is 1. The van der Waals surface area contributed by atoms with E-state index < -0.39 is 6.43 Å². The first-order valence-corrected chi connectivity index (χ1v) is 6.18. The van der Waals surface area contributed by atoms with Crippen molar-refractivity contribution in [2.24, 2.45) is 4.40 Å². The predicted molar refractivity (Wildman–Crippen MR) is 71.0 cm³/mol. The molecular weight excluding hydrogens is 240 g/mol. The Labute approximate surface area is 105 Å². The number of alkyl halides is 2. The molecule has 94 valence electrons. The quantitative estimate of drug-likeness (QED) is 0.555. The molecule has 0 saturated carbocycles. The van der Waals surface area contributed by atoms with Crippen LogP contribution in [0.1, 0.15) is 45.2 Å². The Balaban J connectivity index is 2.89. The lowest BCUT2D eigenvalue weighted by Gasteiger charge is -2.13. The minimum absolute atomic E-state index is 0.0294. The molecule has 1 nitrogen and oxygen atoms in total. The van der Waals surface area contributed by atoms with Gasteiger partial charge in [-0.05, 0) is 51.3 Å². The maximum absolute atomic E-state index is 12.5. The summed E-state index contributed by atoms with van der Waals surface area (Å²) in [4.78, 5) is 0. The van der Waals surface area contributed by atoms with E-state index in [1.165, 1.54) is 24.1 Å². The molecule has 1 aromatic rings. The van der Waals surface area contributed by atoms with Crippen molar-refractivity contribution in [2.45, 2.75) is 38.9 Å². The third kappa shape index (κ3) is 4.86. The molecule has 0 saturated heterocycles. The topological polar surface area (TPSA) is 12.4 Å². The Morgan fingerprint density at radius 1 is 1.29 bits per heavy atom. The summed E-state index contributed by atoms with van der Waals surface area (Å²) in [6.45, 7) is 8.02. The van der Waals surface area contributed by atoms with Gasteiger partial charge in [0.1, 0.15) is 0 Å². The largest absolute Gasteiger partial charge is 0.263 e. The van der Waals surface area contributed by atoms with Crippen LogP contribution in [-0.2, 0) is 0 Å². The highest BCUT2D eigenvalue weighted by Gasteiger charge is 2.11. The molecular formula is C13H17F2NS. The second kappa shape index (κ2) is 5.63. The lowest BCUT2D eigenvalue weighted by atomic mass is 10.1. The van der Waals surface area contributed by atoms with Crippen LogP contribution >= 0.6 is 11.9 Å². The minimum Gasteiger partial charge on any atom is -0.220 e. The fraction of sp³-hybridized carbons (Fsp3) is 0.462. The molecule has 0 N–H and O–H groups in total. The molecule has 0 heterocycles. The third-order valence-corrected chi connectivity index (χ3v) is 2.93. The van der Waals surface area contributed by atoms with Crippen molar-refractivity contribution in [3.8, 4) is 0 Å². The van der Waals surface area contributed by atoms with Gasteiger partial charge in [0.25, 0.3) is 6.43 Å². The summed E-state index contributed by atoms with van der Waals surface area (Å²) in [5, 5.41) is 0. The van der Waals surface area contributed by atoms with Crippen LogP contribution in [0, 0.1) is 0 Å². The lowest BCUT2D eigenvalue weighted by molar-refractivity contribution is 0.151. The highest BCUT2D eigenvalue weighted by Crippen LogP contribution is 2.26. The second-order valence-electron chi connectivity index (χ2n) is 4.81. The first-order valence-electron chi connectivity index (χ1n) is 5.41. The van der Waals surface area contributed by atoms with Crippen molar-refractivity contribution in [3.63, 3.8) is 0 Å². The zero-order chi connectivity index (χ0) is 13.1. The molecule has 0 radical (unpaired) electrons. The van der Waals surface area contributed by atoms with Gasteiger partial charge in [-0.25, -0.2) is 13.2 Å². The van der Waals surface area contributed by atoms with Gasteiger partial charge in [0, 0.05) is 10.3 Å². The molecule has 17 heavy (non-hydrogen) atoms. The van der Waals surface area contributed by atoms with Crippen LogP contribution < -0.4 is 0 Å². The highest BCUT2D eigenvalue weighted by atomic mass is 32.2. The van der Waals surface area contributed by atoms with Gasteiger partial charge in [-0.2, -0.15) is 0 Å². The van der Waals surface area contributed by atoms with Crippen molar-refractivity contribution < 1.29 is 8.78 Å². The van der Waals surface area contributed by atoms with E-state index in [4.69, 9.17) is 0 Å². The van der Waals surface area contributed by atoms with Crippen molar-refractivity contribution in [1.82, 2.24) is 0 Å². The molecule has 0 aromatic heterocycles. The SMILES string of the molecule is C/C(=N\SC(C)(C)C)c1cccc(C(F)F)c1. The van der Waals surface area contributed by atoms with Crippen LogP contribution in [0.4, 0.5) is 8.78 Å².